The third kappa shape index (κ3) is 2.45. The van der Waals surface area contributed by atoms with Gasteiger partial charge in [-0.05, 0) is 30.9 Å². The van der Waals surface area contributed by atoms with E-state index in [0.29, 0.717) is 43.0 Å². The lowest BCUT2D eigenvalue weighted by molar-refractivity contribution is -0.149. The van der Waals surface area contributed by atoms with Crippen LogP contribution in [0.15, 0.2) is 18.2 Å². The Labute approximate surface area is 144 Å². The van der Waals surface area contributed by atoms with Crippen molar-refractivity contribution < 1.29 is 24.2 Å². The summed E-state index contributed by atoms with van der Waals surface area (Å²) in [5.74, 6) is -0.396. The maximum Gasteiger partial charge on any atom is 0.321 e. The molecule has 1 aromatic rings. The van der Waals surface area contributed by atoms with E-state index in [1.54, 1.807) is 23.1 Å². The molecule has 0 bridgehead atoms. The standard InChI is InChI=1S/C18H20N2O5/c21-14-6-8-25-15-12(14)4-1-5-13(15)19-17(24)20-9-11-3-2-7-18(11,10-20)16(22)23/h1,4-5,11H,2-3,6-10H2,(H,19,24)(H,22,23)/t11-,18+/m0/s1. The number of nitrogens with zero attached hydrogens (tertiary/aromatic N) is 1. The molecule has 2 N–H and O–H groups in total. The van der Waals surface area contributed by atoms with Crippen molar-refractivity contribution in [2.45, 2.75) is 25.7 Å². The van der Waals surface area contributed by atoms with E-state index in [9.17, 15) is 19.5 Å². The molecule has 1 saturated heterocycles. The van der Waals surface area contributed by atoms with Gasteiger partial charge in [-0.25, -0.2) is 4.79 Å². The Bertz CT molecular complexity index is 762. The number of ether oxygens (including phenoxy) is 1. The number of carboxylic acids is 1. The van der Waals surface area contributed by atoms with Gasteiger partial charge in [-0.2, -0.15) is 0 Å². The minimum Gasteiger partial charge on any atom is -0.490 e. The first kappa shape index (κ1) is 15.9. The van der Waals surface area contributed by atoms with Crippen LogP contribution in [0.4, 0.5) is 10.5 Å². The van der Waals surface area contributed by atoms with Gasteiger partial charge in [0.15, 0.2) is 11.5 Å². The molecule has 2 aliphatic heterocycles. The summed E-state index contributed by atoms with van der Waals surface area (Å²) in [5, 5.41) is 12.4. The van der Waals surface area contributed by atoms with Crippen molar-refractivity contribution in [1.82, 2.24) is 4.90 Å². The average molecular weight is 344 g/mol. The molecule has 3 aliphatic rings. The van der Waals surface area contributed by atoms with Crippen molar-refractivity contribution >= 4 is 23.5 Å². The first-order valence-electron chi connectivity index (χ1n) is 8.59. The highest BCUT2D eigenvalue weighted by atomic mass is 16.5. The number of amides is 2. The summed E-state index contributed by atoms with van der Waals surface area (Å²) in [6.07, 6.45) is 2.69. The van der Waals surface area contributed by atoms with Crippen molar-refractivity contribution in [3.05, 3.63) is 23.8 Å². The Kier molecular flexibility index (Phi) is 3.67. The fraction of sp³-hybridized carbons (Fsp3) is 0.500. The van der Waals surface area contributed by atoms with Gasteiger partial charge < -0.3 is 20.1 Å². The summed E-state index contributed by atoms with van der Waals surface area (Å²) in [5.41, 5.74) is 0.126. The monoisotopic (exact) mass is 344 g/mol. The molecule has 7 nitrogen and oxygen atoms in total. The lowest BCUT2D eigenvalue weighted by Gasteiger charge is -2.24. The molecule has 7 heteroatoms. The van der Waals surface area contributed by atoms with E-state index >= 15 is 0 Å². The molecule has 25 heavy (non-hydrogen) atoms. The summed E-state index contributed by atoms with van der Waals surface area (Å²) in [6, 6.07) is 4.74. The van der Waals surface area contributed by atoms with Crippen LogP contribution >= 0.6 is 0 Å². The third-order valence-corrected chi connectivity index (χ3v) is 5.72. The van der Waals surface area contributed by atoms with Crippen LogP contribution in [0.25, 0.3) is 0 Å². The zero-order valence-electron chi connectivity index (χ0n) is 13.8. The number of carboxylic acid groups (broad SMARTS) is 1. The van der Waals surface area contributed by atoms with Crippen LogP contribution in [-0.2, 0) is 4.79 Å². The Hall–Kier alpha value is -2.57. The molecule has 2 fully saturated rings. The zero-order valence-corrected chi connectivity index (χ0v) is 13.8. The Morgan fingerprint density at radius 3 is 2.96 bits per heavy atom. The molecule has 2 heterocycles. The van der Waals surface area contributed by atoms with E-state index in [-0.39, 0.29) is 24.3 Å². The van der Waals surface area contributed by atoms with Crippen molar-refractivity contribution in [2.24, 2.45) is 11.3 Å². The zero-order chi connectivity index (χ0) is 17.6. The van der Waals surface area contributed by atoms with Crippen LogP contribution in [0, 0.1) is 11.3 Å². The van der Waals surface area contributed by atoms with Gasteiger partial charge in [0, 0.05) is 19.5 Å². The molecule has 0 spiro atoms. The number of nitrogens with one attached hydrogen (secondary N) is 1. The molecule has 0 aromatic heterocycles. The lowest BCUT2D eigenvalue weighted by Crippen LogP contribution is -2.38. The first-order chi connectivity index (χ1) is 12.0. The number of Topliss-reactive ketones (excluding diaryl/α,β-unsaturated/α-hetero) is 1. The molecule has 1 aromatic carbocycles. The van der Waals surface area contributed by atoms with Crippen LogP contribution in [0.5, 0.6) is 5.75 Å². The maximum atomic E-state index is 12.7. The fourth-order valence-corrected chi connectivity index (χ4v) is 4.38. The number of para-hydroxylation sites is 1. The van der Waals surface area contributed by atoms with Crippen LogP contribution in [0.3, 0.4) is 0 Å². The van der Waals surface area contributed by atoms with Gasteiger partial charge in [0.1, 0.15) is 0 Å². The van der Waals surface area contributed by atoms with Gasteiger partial charge in [-0.3, -0.25) is 9.59 Å². The van der Waals surface area contributed by atoms with Gasteiger partial charge >= 0.3 is 12.0 Å². The smallest absolute Gasteiger partial charge is 0.321 e. The van der Waals surface area contributed by atoms with Gasteiger partial charge in [0.2, 0.25) is 0 Å². The number of likely N-dealkylation sites (tertiary alicyclic amines) is 1. The number of rotatable bonds is 2. The number of ketones is 1. The van der Waals surface area contributed by atoms with Crippen LogP contribution < -0.4 is 10.1 Å². The normalized spacial score (nSPS) is 27.4. The predicted molar refractivity (Wildman–Crippen MR) is 88.9 cm³/mol. The molecular weight excluding hydrogens is 324 g/mol. The second-order valence-corrected chi connectivity index (χ2v) is 7.07. The van der Waals surface area contributed by atoms with Crippen molar-refractivity contribution in [1.29, 1.82) is 0 Å². The van der Waals surface area contributed by atoms with Gasteiger partial charge in [0.05, 0.1) is 23.3 Å². The summed E-state index contributed by atoms with van der Waals surface area (Å²) >= 11 is 0. The quantitative estimate of drug-likeness (QED) is 0.859. The van der Waals surface area contributed by atoms with Gasteiger partial charge in [-0.15, -0.1) is 0 Å². The highest BCUT2D eigenvalue weighted by molar-refractivity contribution is 6.03. The van der Waals surface area contributed by atoms with Crippen molar-refractivity contribution in [3.63, 3.8) is 0 Å². The highest BCUT2D eigenvalue weighted by Crippen LogP contribution is 2.49. The van der Waals surface area contributed by atoms with Crippen molar-refractivity contribution in [2.75, 3.05) is 25.0 Å². The van der Waals surface area contributed by atoms with Gasteiger partial charge in [-0.1, -0.05) is 12.5 Å². The third-order valence-electron chi connectivity index (χ3n) is 5.72. The largest absolute Gasteiger partial charge is 0.490 e. The van der Waals surface area contributed by atoms with E-state index in [2.05, 4.69) is 5.32 Å². The Morgan fingerprint density at radius 1 is 1.36 bits per heavy atom. The Morgan fingerprint density at radius 2 is 2.20 bits per heavy atom. The molecule has 2 amide bonds. The number of carbonyl (C=O) groups is 3. The molecular formula is C18H20N2O5. The Balaban J connectivity index is 1.53. The second kappa shape index (κ2) is 5.75. The van der Waals surface area contributed by atoms with E-state index in [1.165, 1.54) is 0 Å². The number of hydrogen-bond donors (Lipinski definition) is 2. The number of carbonyl (C=O) groups excluding carboxylic acids is 2. The lowest BCUT2D eigenvalue weighted by atomic mass is 9.81. The molecule has 4 rings (SSSR count). The summed E-state index contributed by atoms with van der Waals surface area (Å²) in [4.78, 5) is 37.9. The SMILES string of the molecule is O=C1CCOc2c(NC(=O)N3C[C@@H]4CCC[C@@]4(C(=O)O)C3)cccc21. The number of hydrogen-bond acceptors (Lipinski definition) is 4. The molecule has 132 valence electrons. The molecule has 2 atom stereocenters. The number of fused-ring (bicyclic) bond motifs is 2. The predicted octanol–water partition coefficient (Wildman–Crippen LogP) is 2.37. The summed E-state index contributed by atoms with van der Waals surface area (Å²) in [7, 11) is 0. The van der Waals surface area contributed by atoms with Crippen LogP contribution in [0.1, 0.15) is 36.0 Å². The first-order valence-corrected chi connectivity index (χ1v) is 8.59. The van der Waals surface area contributed by atoms with Crippen LogP contribution in [-0.4, -0.2) is 47.5 Å². The van der Waals surface area contributed by atoms with Crippen LogP contribution in [0.2, 0.25) is 0 Å². The minimum atomic E-state index is -0.809. The number of urea groups is 1. The fourth-order valence-electron chi connectivity index (χ4n) is 4.38. The van der Waals surface area contributed by atoms with Gasteiger partial charge in [0.25, 0.3) is 0 Å². The number of benzene rings is 1. The molecule has 0 radical (unpaired) electrons. The van der Waals surface area contributed by atoms with Crippen molar-refractivity contribution in [3.8, 4) is 5.75 Å². The second-order valence-electron chi connectivity index (χ2n) is 7.07. The van der Waals surface area contributed by atoms with E-state index in [1.807, 2.05) is 0 Å². The molecule has 1 aliphatic carbocycles. The van der Waals surface area contributed by atoms with E-state index in [4.69, 9.17) is 4.74 Å². The highest BCUT2D eigenvalue weighted by Gasteiger charge is 2.55. The topological polar surface area (TPSA) is 95.9 Å². The minimum absolute atomic E-state index is 0.00196. The number of aliphatic carboxylic acids is 1. The summed E-state index contributed by atoms with van der Waals surface area (Å²) in [6.45, 7) is 0.979. The maximum absolute atomic E-state index is 12.7. The molecule has 0 unspecified atom stereocenters. The summed E-state index contributed by atoms with van der Waals surface area (Å²) < 4.78 is 5.57. The van der Waals surface area contributed by atoms with E-state index < -0.39 is 11.4 Å². The average Bonchev–Trinajstić information content (AvgIpc) is 3.14. The van der Waals surface area contributed by atoms with E-state index in [0.717, 1.165) is 12.8 Å². The molecule has 1 saturated carbocycles. The number of anilines is 1.